The van der Waals surface area contributed by atoms with E-state index < -0.39 is 0 Å². The normalized spacial score (nSPS) is 19.5. The van der Waals surface area contributed by atoms with Gasteiger partial charge in [0.25, 0.3) is 0 Å². The molecule has 1 aliphatic heterocycles. The van der Waals surface area contributed by atoms with Gasteiger partial charge in [-0.15, -0.1) is 0 Å². The number of nitrogens with zero attached hydrogens (tertiary/aromatic N) is 2. The second kappa shape index (κ2) is 4.80. The Balaban J connectivity index is 1.89. The molecule has 0 amide bonds. The van der Waals surface area contributed by atoms with Crippen LogP contribution in [0.1, 0.15) is 25.5 Å². The monoisotopic (exact) mass is 268 g/mol. The van der Waals surface area contributed by atoms with E-state index in [1.807, 2.05) is 29.1 Å². The van der Waals surface area contributed by atoms with Crippen molar-refractivity contribution < 1.29 is 9.15 Å². The predicted molar refractivity (Wildman–Crippen MR) is 76.3 cm³/mol. The molecular weight excluding hydrogens is 252 g/mol. The molecule has 3 aromatic rings. The predicted octanol–water partition coefficient (Wildman–Crippen LogP) is 4.00. The number of furan rings is 1. The van der Waals surface area contributed by atoms with E-state index >= 15 is 0 Å². The standard InChI is InChI=1S/C16H16N2O2/c1-2-9-20-15(8-1)18-16-12(11-17-18)5-3-6-13(16)14-7-4-10-19-14/h3-7,10-11,15H,1-2,8-9H2. The van der Waals surface area contributed by atoms with Crippen molar-refractivity contribution in [1.29, 1.82) is 0 Å². The highest BCUT2D eigenvalue weighted by Crippen LogP contribution is 2.33. The molecule has 0 bridgehead atoms. The van der Waals surface area contributed by atoms with Crippen molar-refractivity contribution in [3.63, 3.8) is 0 Å². The number of rotatable bonds is 2. The van der Waals surface area contributed by atoms with Crippen LogP contribution in [0.25, 0.3) is 22.2 Å². The van der Waals surface area contributed by atoms with Crippen LogP contribution >= 0.6 is 0 Å². The number of para-hydroxylation sites is 1. The molecule has 102 valence electrons. The summed E-state index contributed by atoms with van der Waals surface area (Å²) < 4.78 is 13.4. The molecule has 1 fully saturated rings. The number of fused-ring (bicyclic) bond motifs is 1. The van der Waals surface area contributed by atoms with Gasteiger partial charge in [0, 0.05) is 17.6 Å². The summed E-state index contributed by atoms with van der Waals surface area (Å²) in [5.74, 6) is 0.869. The van der Waals surface area contributed by atoms with Gasteiger partial charge >= 0.3 is 0 Å². The van der Waals surface area contributed by atoms with E-state index in [9.17, 15) is 0 Å². The number of ether oxygens (including phenoxy) is 1. The molecule has 1 atom stereocenters. The molecule has 3 heterocycles. The summed E-state index contributed by atoms with van der Waals surface area (Å²) in [7, 11) is 0. The Morgan fingerprint density at radius 1 is 1.15 bits per heavy atom. The summed E-state index contributed by atoms with van der Waals surface area (Å²) in [6.45, 7) is 0.814. The molecule has 0 saturated carbocycles. The van der Waals surface area contributed by atoms with Crippen molar-refractivity contribution in [3.8, 4) is 11.3 Å². The lowest BCUT2D eigenvalue weighted by atomic mass is 10.1. The Labute approximate surface area is 117 Å². The molecule has 2 aromatic heterocycles. The zero-order valence-corrected chi connectivity index (χ0v) is 11.2. The van der Waals surface area contributed by atoms with Crippen LogP contribution in [0, 0.1) is 0 Å². The maximum absolute atomic E-state index is 5.87. The van der Waals surface area contributed by atoms with E-state index in [2.05, 4.69) is 17.2 Å². The Morgan fingerprint density at radius 3 is 2.95 bits per heavy atom. The minimum atomic E-state index is 0.0392. The van der Waals surface area contributed by atoms with Gasteiger partial charge in [0.05, 0.1) is 18.0 Å². The smallest absolute Gasteiger partial charge is 0.150 e. The van der Waals surface area contributed by atoms with E-state index in [1.54, 1.807) is 6.26 Å². The van der Waals surface area contributed by atoms with Gasteiger partial charge in [0.1, 0.15) is 5.76 Å². The van der Waals surface area contributed by atoms with Crippen molar-refractivity contribution in [2.45, 2.75) is 25.5 Å². The van der Waals surface area contributed by atoms with Crippen LogP contribution in [-0.2, 0) is 4.74 Å². The summed E-state index contributed by atoms with van der Waals surface area (Å²) in [5.41, 5.74) is 2.16. The zero-order chi connectivity index (χ0) is 13.4. The minimum absolute atomic E-state index is 0.0392. The Morgan fingerprint density at radius 2 is 2.15 bits per heavy atom. The van der Waals surface area contributed by atoms with Crippen LogP contribution in [0.5, 0.6) is 0 Å². The van der Waals surface area contributed by atoms with Gasteiger partial charge in [-0.25, -0.2) is 4.68 Å². The van der Waals surface area contributed by atoms with E-state index in [1.165, 1.54) is 6.42 Å². The van der Waals surface area contributed by atoms with E-state index in [0.717, 1.165) is 41.7 Å². The molecule has 1 saturated heterocycles. The van der Waals surface area contributed by atoms with Crippen LogP contribution in [0.4, 0.5) is 0 Å². The lowest BCUT2D eigenvalue weighted by Gasteiger charge is -2.24. The molecule has 4 rings (SSSR count). The van der Waals surface area contributed by atoms with Crippen molar-refractivity contribution in [3.05, 3.63) is 42.8 Å². The highest BCUT2D eigenvalue weighted by molar-refractivity contribution is 5.92. The van der Waals surface area contributed by atoms with E-state index in [0.29, 0.717) is 0 Å². The fourth-order valence-corrected chi connectivity index (χ4v) is 2.87. The molecule has 1 aliphatic rings. The maximum Gasteiger partial charge on any atom is 0.150 e. The average molecular weight is 268 g/mol. The quantitative estimate of drug-likeness (QED) is 0.705. The molecule has 4 nitrogen and oxygen atoms in total. The zero-order valence-electron chi connectivity index (χ0n) is 11.2. The Kier molecular flexibility index (Phi) is 2.81. The lowest BCUT2D eigenvalue weighted by Crippen LogP contribution is -2.19. The number of benzene rings is 1. The van der Waals surface area contributed by atoms with Gasteiger partial charge in [-0.05, 0) is 37.5 Å². The van der Waals surface area contributed by atoms with Gasteiger partial charge in [-0.2, -0.15) is 5.10 Å². The van der Waals surface area contributed by atoms with Crippen LogP contribution in [0.2, 0.25) is 0 Å². The number of hydrogen-bond donors (Lipinski definition) is 0. The third-order valence-corrected chi connectivity index (χ3v) is 3.83. The summed E-state index contributed by atoms with van der Waals surface area (Å²) in [6.07, 6.45) is 6.99. The third-order valence-electron chi connectivity index (χ3n) is 3.83. The molecular formula is C16H16N2O2. The first-order valence-corrected chi connectivity index (χ1v) is 7.05. The molecule has 0 radical (unpaired) electrons. The largest absolute Gasteiger partial charge is 0.464 e. The van der Waals surface area contributed by atoms with Gasteiger partial charge in [-0.1, -0.05) is 12.1 Å². The SMILES string of the molecule is c1coc(-c2cccc3cnn(C4CCCCO4)c23)c1. The van der Waals surface area contributed by atoms with Crippen molar-refractivity contribution in [2.75, 3.05) is 6.61 Å². The fourth-order valence-electron chi connectivity index (χ4n) is 2.87. The van der Waals surface area contributed by atoms with Crippen LogP contribution < -0.4 is 0 Å². The van der Waals surface area contributed by atoms with Gasteiger partial charge < -0.3 is 9.15 Å². The summed E-state index contributed by atoms with van der Waals surface area (Å²) in [6, 6.07) is 10.1. The summed E-state index contributed by atoms with van der Waals surface area (Å²) in [5, 5.41) is 5.66. The number of aromatic nitrogens is 2. The van der Waals surface area contributed by atoms with Crippen LogP contribution in [0.3, 0.4) is 0 Å². The first-order chi connectivity index (χ1) is 9.93. The first kappa shape index (κ1) is 11.7. The highest BCUT2D eigenvalue weighted by Gasteiger charge is 2.20. The van der Waals surface area contributed by atoms with Gasteiger partial charge in [0.2, 0.25) is 0 Å². The van der Waals surface area contributed by atoms with E-state index in [-0.39, 0.29) is 6.23 Å². The molecule has 20 heavy (non-hydrogen) atoms. The lowest BCUT2D eigenvalue weighted by molar-refractivity contribution is -0.0366. The average Bonchev–Trinajstić information content (AvgIpc) is 3.17. The highest BCUT2D eigenvalue weighted by atomic mass is 16.5. The molecule has 0 spiro atoms. The first-order valence-electron chi connectivity index (χ1n) is 7.05. The Hall–Kier alpha value is -2.07. The topological polar surface area (TPSA) is 40.2 Å². The maximum atomic E-state index is 5.87. The van der Waals surface area contributed by atoms with Crippen LogP contribution in [0.15, 0.2) is 47.2 Å². The Bertz CT molecular complexity index is 709. The third kappa shape index (κ3) is 1.84. The van der Waals surface area contributed by atoms with Crippen LogP contribution in [-0.4, -0.2) is 16.4 Å². The van der Waals surface area contributed by atoms with Gasteiger partial charge in [-0.3, -0.25) is 0 Å². The molecule has 4 heteroatoms. The van der Waals surface area contributed by atoms with E-state index in [4.69, 9.17) is 9.15 Å². The van der Waals surface area contributed by atoms with Crippen molar-refractivity contribution in [2.24, 2.45) is 0 Å². The fraction of sp³-hybridized carbons (Fsp3) is 0.312. The second-order valence-electron chi connectivity index (χ2n) is 5.13. The molecule has 1 unspecified atom stereocenters. The van der Waals surface area contributed by atoms with Gasteiger partial charge in [0.15, 0.2) is 6.23 Å². The molecule has 0 N–H and O–H groups in total. The molecule has 1 aromatic carbocycles. The summed E-state index contributed by atoms with van der Waals surface area (Å²) >= 11 is 0. The number of hydrogen-bond acceptors (Lipinski definition) is 3. The van der Waals surface area contributed by atoms with Crippen molar-refractivity contribution >= 4 is 10.9 Å². The van der Waals surface area contributed by atoms with Crippen molar-refractivity contribution in [1.82, 2.24) is 9.78 Å². The molecule has 0 aliphatic carbocycles. The minimum Gasteiger partial charge on any atom is -0.464 e. The summed E-state index contributed by atoms with van der Waals surface area (Å²) in [4.78, 5) is 0. The second-order valence-corrected chi connectivity index (χ2v) is 5.13.